The summed E-state index contributed by atoms with van der Waals surface area (Å²) in [4.78, 5) is 25.1. The zero-order chi connectivity index (χ0) is 18.9. The fourth-order valence-electron chi connectivity index (χ4n) is 2.21. The van der Waals surface area contributed by atoms with E-state index in [-0.39, 0.29) is 12.9 Å². The van der Waals surface area contributed by atoms with Crippen LogP contribution in [0, 0.1) is 0 Å². The molecule has 0 fully saturated rings. The fraction of sp³-hybridized carbons (Fsp3) is 0.500. The van der Waals surface area contributed by atoms with Gasteiger partial charge in [-0.1, -0.05) is 6.92 Å². The standard InChI is InChI=1S/C14H23N5.2CH2O2/c1-3-14-17-7-10-19(14)11-13(2)16-5-4-8-18-9-6-15-12-18;2*2-1-3/h6-7,9-10,12-13,16H,3-5,8,11H2,1-2H3;2*1H,(H,2,3). The summed E-state index contributed by atoms with van der Waals surface area (Å²) in [5.41, 5.74) is 0. The van der Waals surface area contributed by atoms with Gasteiger partial charge < -0.3 is 24.7 Å². The summed E-state index contributed by atoms with van der Waals surface area (Å²) in [6.45, 7) is 6.88. The molecule has 2 aromatic rings. The molecule has 0 amide bonds. The Labute approximate surface area is 147 Å². The Bertz CT molecular complexity index is 551. The van der Waals surface area contributed by atoms with Crippen LogP contribution in [0.5, 0.6) is 0 Å². The van der Waals surface area contributed by atoms with E-state index in [0.717, 1.165) is 38.3 Å². The molecule has 2 rings (SSSR count). The van der Waals surface area contributed by atoms with Gasteiger partial charge in [0.15, 0.2) is 0 Å². The first-order valence-electron chi connectivity index (χ1n) is 7.97. The van der Waals surface area contributed by atoms with E-state index in [1.807, 2.05) is 24.9 Å². The van der Waals surface area contributed by atoms with Crippen LogP contribution in [0.3, 0.4) is 0 Å². The van der Waals surface area contributed by atoms with Gasteiger partial charge in [0.25, 0.3) is 12.9 Å². The number of imidazole rings is 2. The van der Waals surface area contributed by atoms with Crippen LogP contribution in [-0.4, -0.2) is 54.8 Å². The second kappa shape index (κ2) is 14.9. The lowest BCUT2D eigenvalue weighted by Gasteiger charge is -2.16. The lowest BCUT2D eigenvalue weighted by Crippen LogP contribution is -2.32. The maximum Gasteiger partial charge on any atom is 0.290 e. The van der Waals surface area contributed by atoms with Crippen LogP contribution in [0.25, 0.3) is 0 Å². The summed E-state index contributed by atoms with van der Waals surface area (Å²) in [5.74, 6) is 1.16. The summed E-state index contributed by atoms with van der Waals surface area (Å²) in [6, 6.07) is 0.460. The van der Waals surface area contributed by atoms with Crippen LogP contribution in [0.1, 0.15) is 26.1 Å². The molecule has 0 saturated carbocycles. The molecule has 0 aliphatic rings. The molecule has 25 heavy (non-hydrogen) atoms. The minimum atomic E-state index is -0.250. The van der Waals surface area contributed by atoms with E-state index in [2.05, 4.69) is 44.5 Å². The van der Waals surface area contributed by atoms with E-state index < -0.39 is 0 Å². The number of rotatable bonds is 8. The molecule has 0 radical (unpaired) electrons. The van der Waals surface area contributed by atoms with E-state index >= 15 is 0 Å². The third-order valence-corrected chi connectivity index (χ3v) is 3.23. The van der Waals surface area contributed by atoms with E-state index in [0.29, 0.717) is 6.04 Å². The smallest absolute Gasteiger partial charge is 0.290 e. The van der Waals surface area contributed by atoms with E-state index in [4.69, 9.17) is 19.8 Å². The second-order valence-electron chi connectivity index (χ2n) is 5.07. The molecule has 0 bridgehead atoms. The first kappa shape index (κ1) is 22.3. The van der Waals surface area contributed by atoms with Gasteiger partial charge in [0.2, 0.25) is 0 Å². The van der Waals surface area contributed by atoms with Crippen molar-refractivity contribution in [1.29, 1.82) is 0 Å². The lowest BCUT2D eigenvalue weighted by molar-refractivity contribution is -0.123. The van der Waals surface area contributed by atoms with Gasteiger partial charge in [-0.25, -0.2) is 9.97 Å². The van der Waals surface area contributed by atoms with Crippen LogP contribution in [0.2, 0.25) is 0 Å². The van der Waals surface area contributed by atoms with Gasteiger partial charge in [-0.15, -0.1) is 0 Å². The maximum absolute atomic E-state index is 8.36. The molecular formula is C16H27N5O4. The third-order valence-electron chi connectivity index (χ3n) is 3.23. The molecule has 0 aliphatic carbocycles. The number of hydrogen-bond acceptors (Lipinski definition) is 5. The van der Waals surface area contributed by atoms with Crippen LogP contribution >= 0.6 is 0 Å². The number of carboxylic acid groups (broad SMARTS) is 2. The summed E-state index contributed by atoms with van der Waals surface area (Å²) in [5, 5.41) is 17.3. The van der Waals surface area contributed by atoms with Crippen molar-refractivity contribution in [2.24, 2.45) is 0 Å². The second-order valence-corrected chi connectivity index (χ2v) is 5.07. The summed E-state index contributed by atoms with van der Waals surface area (Å²) < 4.78 is 4.34. The Balaban J connectivity index is 0.000000844. The summed E-state index contributed by atoms with van der Waals surface area (Å²) >= 11 is 0. The van der Waals surface area contributed by atoms with Gasteiger partial charge in [0, 0.05) is 50.3 Å². The van der Waals surface area contributed by atoms with E-state index in [9.17, 15) is 0 Å². The van der Waals surface area contributed by atoms with Crippen molar-refractivity contribution in [1.82, 2.24) is 24.4 Å². The Morgan fingerprint density at radius 3 is 2.48 bits per heavy atom. The average molecular weight is 353 g/mol. The fourth-order valence-corrected chi connectivity index (χ4v) is 2.21. The normalized spacial score (nSPS) is 10.6. The van der Waals surface area contributed by atoms with Crippen molar-refractivity contribution < 1.29 is 19.8 Å². The average Bonchev–Trinajstić information content (AvgIpc) is 3.24. The highest BCUT2D eigenvalue weighted by Gasteiger charge is 2.05. The lowest BCUT2D eigenvalue weighted by atomic mass is 10.3. The third kappa shape index (κ3) is 10.7. The molecule has 9 heteroatoms. The van der Waals surface area contributed by atoms with Crippen LogP contribution in [-0.2, 0) is 29.1 Å². The summed E-state index contributed by atoms with van der Waals surface area (Å²) in [7, 11) is 0. The number of nitrogens with one attached hydrogen (secondary N) is 1. The van der Waals surface area contributed by atoms with Crippen LogP contribution in [0.15, 0.2) is 31.1 Å². The number of aromatic nitrogens is 4. The van der Waals surface area contributed by atoms with Gasteiger partial charge >= 0.3 is 0 Å². The van der Waals surface area contributed by atoms with Crippen molar-refractivity contribution in [3.8, 4) is 0 Å². The predicted octanol–water partition coefficient (Wildman–Crippen LogP) is 1.11. The molecule has 2 heterocycles. The zero-order valence-corrected chi connectivity index (χ0v) is 14.7. The highest BCUT2D eigenvalue weighted by atomic mass is 16.3. The zero-order valence-electron chi connectivity index (χ0n) is 14.7. The molecule has 0 aliphatic heterocycles. The minimum Gasteiger partial charge on any atom is -0.483 e. The molecular weight excluding hydrogens is 326 g/mol. The Hall–Kier alpha value is -2.68. The Morgan fingerprint density at radius 2 is 1.92 bits per heavy atom. The van der Waals surface area contributed by atoms with E-state index in [1.54, 1.807) is 0 Å². The predicted molar refractivity (Wildman–Crippen MR) is 93.3 cm³/mol. The summed E-state index contributed by atoms with van der Waals surface area (Å²) in [6.07, 6.45) is 11.7. The molecule has 9 nitrogen and oxygen atoms in total. The largest absolute Gasteiger partial charge is 0.483 e. The molecule has 1 atom stereocenters. The maximum atomic E-state index is 8.36. The van der Waals surface area contributed by atoms with E-state index in [1.165, 1.54) is 0 Å². The van der Waals surface area contributed by atoms with Gasteiger partial charge in [-0.3, -0.25) is 9.59 Å². The Morgan fingerprint density at radius 1 is 1.24 bits per heavy atom. The van der Waals surface area contributed by atoms with Gasteiger partial charge in [0.1, 0.15) is 5.82 Å². The highest BCUT2D eigenvalue weighted by molar-refractivity contribution is 5.33. The minimum absolute atomic E-state index is 0.250. The molecule has 1 unspecified atom stereocenters. The van der Waals surface area contributed by atoms with Crippen molar-refractivity contribution >= 4 is 12.9 Å². The highest BCUT2D eigenvalue weighted by Crippen LogP contribution is 2.00. The number of carbonyl (C=O) groups is 2. The number of nitrogens with zero attached hydrogens (tertiary/aromatic N) is 4. The molecule has 0 spiro atoms. The molecule has 0 saturated heterocycles. The quantitative estimate of drug-likeness (QED) is 0.480. The molecule has 0 aromatic carbocycles. The monoisotopic (exact) mass is 353 g/mol. The van der Waals surface area contributed by atoms with Crippen molar-refractivity contribution in [3.63, 3.8) is 0 Å². The SMILES string of the molecule is CCc1nccn1CC(C)NCCCn1ccnc1.O=CO.O=CO. The number of hydrogen-bond donors (Lipinski definition) is 3. The number of aryl methyl sites for hydroxylation is 2. The first-order valence-corrected chi connectivity index (χ1v) is 7.97. The molecule has 3 N–H and O–H groups in total. The Kier molecular flexibility index (Phi) is 13.3. The van der Waals surface area contributed by atoms with Crippen molar-refractivity contribution in [2.75, 3.05) is 6.54 Å². The van der Waals surface area contributed by atoms with Gasteiger partial charge in [0.05, 0.1) is 6.33 Å². The van der Waals surface area contributed by atoms with Crippen molar-refractivity contribution in [2.45, 2.75) is 45.8 Å². The van der Waals surface area contributed by atoms with Gasteiger partial charge in [-0.2, -0.15) is 0 Å². The van der Waals surface area contributed by atoms with Crippen LogP contribution < -0.4 is 5.32 Å². The topological polar surface area (TPSA) is 122 Å². The van der Waals surface area contributed by atoms with Crippen LogP contribution in [0.4, 0.5) is 0 Å². The first-order chi connectivity index (χ1) is 12.1. The molecule has 2 aromatic heterocycles. The van der Waals surface area contributed by atoms with Gasteiger partial charge in [-0.05, 0) is 19.9 Å². The van der Waals surface area contributed by atoms with Crippen molar-refractivity contribution in [3.05, 3.63) is 36.9 Å². The molecule has 140 valence electrons.